The highest BCUT2D eigenvalue weighted by molar-refractivity contribution is 7.89. The van der Waals surface area contributed by atoms with Gasteiger partial charge in [0.1, 0.15) is 11.6 Å². The minimum atomic E-state index is -3.75. The van der Waals surface area contributed by atoms with Crippen LogP contribution in [0.4, 0.5) is 4.39 Å². The average molecular weight is 380 g/mol. The number of ether oxygens (including phenoxy) is 1. The molecule has 0 spiro atoms. The van der Waals surface area contributed by atoms with Crippen molar-refractivity contribution in [3.05, 3.63) is 59.9 Å². The fourth-order valence-electron chi connectivity index (χ4n) is 2.31. The molecule has 6 nitrogen and oxygen atoms in total. The Hall–Kier alpha value is -2.45. The molecule has 1 amide bonds. The zero-order chi connectivity index (χ0) is 19.2. The summed E-state index contributed by atoms with van der Waals surface area (Å²) in [6.45, 7) is 2.05. The van der Waals surface area contributed by atoms with Crippen LogP contribution in [0.25, 0.3) is 0 Å². The first-order valence-electron chi connectivity index (χ1n) is 7.95. The number of amides is 1. The van der Waals surface area contributed by atoms with Crippen molar-refractivity contribution in [2.75, 3.05) is 20.2 Å². The molecule has 0 heterocycles. The van der Waals surface area contributed by atoms with E-state index in [4.69, 9.17) is 4.74 Å². The van der Waals surface area contributed by atoms with E-state index in [1.54, 1.807) is 19.2 Å². The number of rotatable bonds is 8. The van der Waals surface area contributed by atoms with Gasteiger partial charge in [0.25, 0.3) is 0 Å². The molecule has 0 aromatic heterocycles. The molecule has 2 aromatic carbocycles. The van der Waals surface area contributed by atoms with Crippen LogP contribution >= 0.6 is 0 Å². The second-order valence-electron chi connectivity index (χ2n) is 5.64. The molecule has 0 atom stereocenters. The maximum Gasteiger partial charge on any atom is 0.240 e. The molecule has 0 bridgehead atoms. The lowest BCUT2D eigenvalue weighted by atomic mass is 10.2. The van der Waals surface area contributed by atoms with Gasteiger partial charge in [0.05, 0.1) is 12.0 Å². The first-order valence-corrected chi connectivity index (χ1v) is 9.44. The van der Waals surface area contributed by atoms with Gasteiger partial charge in [0.15, 0.2) is 0 Å². The van der Waals surface area contributed by atoms with E-state index in [9.17, 15) is 17.6 Å². The van der Waals surface area contributed by atoms with Crippen molar-refractivity contribution < 1.29 is 22.3 Å². The Morgan fingerprint density at radius 3 is 2.27 bits per heavy atom. The van der Waals surface area contributed by atoms with Gasteiger partial charge in [0, 0.05) is 26.6 Å². The SMILES string of the molecule is COc1ccc(CN(CCNS(=O)(=O)c2ccc(F)cc2)C(C)=O)cc1. The second-order valence-corrected chi connectivity index (χ2v) is 7.41. The number of nitrogens with zero attached hydrogens (tertiary/aromatic N) is 1. The van der Waals surface area contributed by atoms with Gasteiger partial charge < -0.3 is 9.64 Å². The highest BCUT2D eigenvalue weighted by Crippen LogP contribution is 2.13. The Balaban J connectivity index is 1.95. The Bertz CT molecular complexity index is 836. The summed E-state index contributed by atoms with van der Waals surface area (Å²) in [6.07, 6.45) is 0. The summed E-state index contributed by atoms with van der Waals surface area (Å²) in [4.78, 5) is 13.3. The third kappa shape index (κ3) is 5.53. The molecule has 8 heteroatoms. The number of hydrogen-bond acceptors (Lipinski definition) is 4. The molecule has 1 N–H and O–H groups in total. The third-order valence-electron chi connectivity index (χ3n) is 3.78. The van der Waals surface area contributed by atoms with Gasteiger partial charge >= 0.3 is 0 Å². The first kappa shape index (κ1) is 19.9. The molecule has 26 heavy (non-hydrogen) atoms. The van der Waals surface area contributed by atoms with Gasteiger partial charge in [-0.05, 0) is 42.0 Å². The maximum atomic E-state index is 12.9. The molecule has 0 radical (unpaired) electrons. The number of carbonyl (C=O) groups excluding carboxylic acids is 1. The summed E-state index contributed by atoms with van der Waals surface area (Å²) >= 11 is 0. The van der Waals surface area contributed by atoms with E-state index in [2.05, 4.69) is 4.72 Å². The zero-order valence-corrected chi connectivity index (χ0v) is 15.4. The first-order chi connectivity index (χ1) is 12.3. The van der Waals surface area contributed by atoms with Crippen LogP contribution in [0.1, 0.15) is 12.5 Å². The van der Waals surface area contributed by atoms with Gasteiger partial charge in [-0.3, -0.25) is 4.79 Å². The van der Waals surface area contributed by atoms with Crippen LogP contribution in [0, 0.1) is 5.82 Å². The fourth-order valence-corrected chi connectivity index (χ4v) is 3.33. The molecule has 0 saturated carbocycles. The van der Waals surface area contributed by atoms with Crippen molar-refractivity contribution in [2.24, 2.45) is 0 Å². The highest BCUT2D eigenvalue weighted by atomic mass is 32.2. The van der Waals surface area contributed by atoms with E-state index >= 15 is 0 Å². The molecule has 0 fully saturated rings. The fraction of sp³-hybridized carbons (Fsp3) is 0.278. The quantitative estimate of drug-likeness (QED) is 0.762. The van der Waals surface area contributed by atoms with E-state index in [1.807, 2.05) is 12.1 Å². The predicted molar refractivity (Wildman–Crippen MR) is 95.7 cm³/mol. The van der Waals surface area contributed by atoms with Crippen molar-refractivity contribution in [1.82, 2.24) is 9.62 Å². The summed E-state index contributed by atoms with van der Waals surface area (Å²) in [6, 6.07) is 11.8. The molecule has 0 aliphatic carbocycles. The van der Waals surface area contributed by atoms with Gasteiger partial charge in [-0.1, -0.05) is 12.1 Å². The van der Waals surface area contributed by atoms with Gasteiger partial charge in [0.2, 0.25) is 15.9 Å². The number of hydrogen-bond donors (Lipinski definition) is 1. The number of halogens is 1. The van der Waals surface area contributed by atoms with Crippen LogP contribution < -0.4 is 9.46 Å². The van der Waals surface area contributed by atoms with E-state index in [1.165, 1.54) is 24.0 Å². The topological polar surface area (TPSA) is 75.7 Å². The molecule has 140 valence electrons. The number of benzene rings is 2. The van der Waals surface area contributed by atoms with Crippen molar-refractivity contribution >= 4 is 15.9 Å². The molecule has 0 saturated heterocycles. The Morgan fingerprint density at radius 1 is 1.12 bits per heavy atom. The summed E-state index contributed by atoms with van der Waals surface area (Å²) < 4.78 is 44.8. The van der Waals surface area contributed by atoms with Gasteiger partial charge in [-0.25, -0.2) is 17.5 Å². The van der Waals surface area contributed by atoms with E-state index < -0.39 is 15.8 Å². The smallest absolute Gasteiger partial charge is 0.240 e. The van der Waals surface area contributed by atoms with Crippen molar-refractivity contribution in [1.29, 1.82) is 0 Å². The van der Waals surface area contributed by atoms with Gasteiger partial charge in [-0.2, -0.15) is 0 Å². The van der Waals surface area contributed by atoms with E-state index in [-0.39, 0.29) is 23.9 Å². The second kappa shape index (κ2) is 8.77. The number of carbonyl (C=O) groups is 1. The minimum Gasteiger partial charge on any atom is -0.497 e. The Kier molecular flexibility index (Phi) is 6.70. The predicted octanol–water partition coefficient (Wildman–Crippen LogP) is 2.16. The largest absolute Gasteiger partial charge is 0.497 e. The van der Waals surface area contributed by atoms with E-state index in [0.29, 0.717) is 6.54 Å². The third-order valence-corrected chi connectivity index (χ3v) is 5.25. The van der Waals surface area contributed by atoms with Crippen LogP contribution in [0.5, 0.6) is 5.75 Å². The highest BCUT2D eigenvalue weighted by Gasteiger charge is 2.15. The maximum absolute atomic E-state index is 12.9. The lowest BCUT2D eigenvalue weighted by molar-refractivity contribution is -0.129. The summed E-state index contributed by atoms with van der Waals surface area (Å²) in [5.74, 6) is 0.0446. The molecule has 0 unspecified atom stereocenters. The molecule has 2 aromatic rings. The van der Waals surface area contributed by atoms with Crippen LogP contribution in [-0.4, -0.2) is 39.4 Å². The van der Waals surface area contributed by atoms with Crippen LogP contribution in [0.15, 0.2) is 53.4 Å². The summed E-state index contributed by atoms with van der Waals surface area (Å²) in [5, 5.41) is 0. The summed E-state index contributed by atoms with van der Waals surface area (Å²) in [5.41, 5.74) is 0.905. The number of sulfonamides is 1. The lowest BCUT2D eigenvalue weighted by Gasteiger charge is -2.21. The number of nitrogens with one attached hydrogen (secondary N) is 1. The average Bonchev–Trinajstić information content (AvgIpc) is 2.61. The van der Waals surface area contributed by atoms with Crippen LogP contribution in [-0.2, 0) is 21.4 Å². The summed E-state index contributed by atoms with van der Waals surface area (Å²) in [7, 11) is -2.18. The van der Waals surface area contributed by atoms with Crippen LogP contribution in [0.2, 0.25) is 0 Å². The Labute approximate surface area is 152 Å². The van der Waals surface area contributed by atoms with Crippen molar-refractivity contribution in [3.63, 3.8) is 0 Å². The van der Waals surface area contributed by atoms with Crippen molar-refractivity contribution in [2.45, 2.75) is 18.4 Å². The molecule has 2 rings (SSSR count). The van der Waals surface area contributed by atoms with E-state index in [0.717, 1.165) is 23.4 Å². The molecule has 0 aliphatic heterocycles. The standard InChI is InChI=1S/C18H21FN2O4S/c1-14(22)21(13-15-3-7-17(25-2)8-4-15)12-11-20-26(23,24)18-9-5-16(19)6-10-18/h3-10,20H,11-13H2,1-2H3. The molecular weight excluding hydrogens is 359 g/mol. The van der Waals surface area contributed by atoms with Crippen LogP contribution in [0.3, 0.4) is 0 Å². The number of methoxy groups -OCH3 is 1. The van der Waals surface area contributed by atoms with Crippen molar-refractivity contribution in [3.8, 4) is 5.75 Å². The normalized spacial score (nSPS) is 11.2. The lowest BCUT2D eigenvalue weighted by Crippen LogP contribution is -2.37. The minimum absolute atomic E-state index is 0.0246. The Morgan fingerprint density at radius 2 is 1.73 bits per heavy atom. The zero-order valence-electron chi connectivity index (χ0n) is 14.6. The molecular formula is C18H21FN2O4S. The van der Waals surface area contributed by atoms with Gasteiger partial charge in [-0.15, -0.1) is 0 Å². The molecule has 0 aliphatic rings. The monoisotopic (exact) mass is 380 g/mol.